The zero-order chi connectivity index (χ0) is 17.7. The number of methoxy groups -OCH3 is 1. The van der Waals surface area contributed by atoms with Crippen LogP contribution in [0, 0.1) is 5.92 Å². The lowest BCUT2D eigenvalue weighted by molar-refractivity contribution is -0.266. The molecule has 2 aliphatic carbocycles. The molecule has 140 valence electrons. The fraction of sp³-hybridized carbons (Fsp3) is 0.714. The Bertz CT molecular complexity index is 782. The maximum atomic E-state index is 6.73. The maximum Gasteiger partial charge on any atom is 0.207 e. The summed E-state index contributed by atoms with van der Waals surface area (Å²) in [5.41, 5.74) is 2.83. The van der Waals surface area contributed by atoms with Crippen molar-refractivity contribution in [1.82, 2.24) is 4.90 Å². The number of hydrogen-bond acceptors (Lipinski definition) is 5. The highest BCUT2D eigenvalue weighted by Gasteiger charge is 2.71. The van der Waals surface area contributed by atoms with E-state index < -0.39 is 5.79 Å². The lowest BCUT2D eigenvalue weighted by Crippen LogP contribution is -2.70. The van der Waals surface area contributed by atoms with E-state index in [4.69, 9.17) is 18.9 Å². The number of ether oxygens (including phenoxy) is 4. The summed E-state index contributed by atoms with van der Waals surface area (Å²) < 4.78 is 25.2. The quantitative estimate of drug-likeness (QED) is 0.772. The van der Waals surface area contributed by atoms with Crippen LogP contribution in [0.3, 0.4) is 0 Å². The number of piperidine rings is 1. The Hall–Kier alpha value is -1.30. The van der Waals surface area contributed by atoms with Gasteiger partial charge in [0.2, 0.25) is 5.79 Å². The second-order valence-corrected chi connectivity index (χ2v) is 8.87. The first-order valence-corrected chi connectivity index (χ1v) is 9.98. The molecule has 4 unspecified atom stereocenters. The van der Waals surface area contributed by atoms with Gasteiger partial charge < -0.3 is 23.8 Å². The van der Waals surface area contributed by atoms with Crippen molar-refractivity contribution in [1.29, 1.82) is 0 Å². The number of benzene rings is 1. The van der Waals surface area contributed by atoms with Crippen molar-refractivity contribution in [2.24, 2.45) is 5.92 Å². The number of rotatable bonds is 1. The minimum absolute atomic E-state index is 0.00303. The monoisotopic (exact) mass is 357 g/mol. The van der Waals surface area contributed by atoms with Crippen LogP contribution in [0.5, 0.6) is 11.5 Å². The number of likely N-dealkylation sites (tertiary alicyclic amines) is 1. The van der Waals surface area contributed by atoms with Gasteiger partial charge in [0.15, 0.2) is 17.6 Å². The summed E-state index contributed by atoms with van der Waals surface area (Å²) in [5, 5.41) is 0. The number of fused-ring (bicyclic) bond motifs is 1. The van der Waals surface area contributed by atoms with Crippen molar-refractivity contribution < 1.29 is 18.9 Å². The highest BCUT2D eigenvalue weighted by Crippen LogP contribution is 2.66. The van der Waals surface area contributed by atoms with E-state index in [9.17, 15) is 0 Å². The molecule has 3 aliphatic heterocycles. The first-order valence-electron chi connectivity index (χ1n) is 9.98. The molecule has 1 aromatic rings. The van der Waals surface area contributed by atoms with Crippen LogP contribution < -0.4 is 9.47 Å². The number of nitrogens with zero attached hydrogens (tertiary/aromatic N) is 1. The molecule has 0 N–H and O–H groups in total. The molecular formula is C21H27NO4. The van der Waals surface area contributed by atoms with E-state index in [0.29, 0.717) is 18.6 Å². The summed E-state index contributed by atoms with van der Waals surface area (Å²) >= 11 is 0. The first kappa shape index (κ1) is 15.7. The molecule has 3 heterocycles. The van der Waals surface area contributed by atoms with Crippen molar-refractivity contribution in [3.63, 3.8) is 0 Å². The van der Waals surface area contributed by atoms with E-state index in [2.05, 4.69) is 31.0 Å². The molecular weight excluding hydrogens is 330 g/mol. The predicted molar refractivity (Wildman–Crippen MR) is 95.8 cm³/mol. The van der Waals surface area contributed by atoms with Crippen molar-refractivity contribution in [3.05, 3.63) is 23.3 Å². The minimum atomic E-state index is -0.602. The van der Waals surface area contributed by atoms with Crippen LogP contribution in [0.2, 0.25) is 0 Å². The molecule has 5 heteroatoms. The number of hydrogen-bond donors (Lipinski definition) is 0. The Balaban J connectivity index is 1.60. The van der Waals surface area contributed by atoms with Gasteiger partial charge in [-0.1, -0.05) is 6.07 Å². The average Bonchev–Trinajstić information content (AvgIpc) is 3.18. The Labute approximate surface area is 154 Å². The van der Waals surface area contributed by atoms with Crippen molar-refractivity contribution in [3.8, 4) is 11.5 Å². The zero-order valence-corrected chi connectivity index (χ0v) is 15.8. The average molecular weight is 357 g/mol. The van der Waals surface area contributed by atoms with E-state index in [-0.39, 0.29) is 17.6 Å². The molecule has 1 saturated carbocycles. The van der Waals surface area contributed by atoms with Gasteiger partial charge in [-0.15, -0.1) is 0 Å². The third kappa shape index (κ3) is 1.64. The Morgan fingerprint density at radius 2 is 2.15 bits per heavy atom. The fourth-order valence-corrected chi connectivity index (χ4v) is 6.79. The minimum Gasteiger partial charge on any atom is -0.493 e. The van der Waals surface area contributed by atoms with Gasteiger partial charge in [-0.05, 0) is 57.3 Å². The summed E-state index contributed by atoms with van der Waals surface area (Å²) in [7, 11) is 4.02. The Morgan fingerprint density at radius 3 is 2.92 bits per heavy atom. The summed E-state index contributed by atoms with van der Waals surface area (Å²) in [6, 6.07) is 4.91. The number of likely N-dealkylation sites (N-methyl/N-ethyl adjacent to an activating group) is 1. The SMILES string of the molecule is COc1ccc2c3c1OC1C4(CCC5[C@@H](C2)N(C)CC[C@@]351)OCC(C)O4. The van der Waals surface area contributed by atoms with Gasteiger partial charge in [0.25, 0.3) is 0 Å². The highest BCUT2D eigenvalue weighted by molar-refractivity contribution is 5.61. The lowest BCUT2D eigenvalue weighted by Gasteiger charge is -2.60. The van der Waals surface area contributed by atoms with Gasteiger partial charge in [0.05, 0.1) is 19.8 Å². The maximum absolute atomic E-state index is 6.73. The Kier molecular flexibility index (Phi) is 2.99. The van der Waals surface area contributed by atoms with E-state index >= 15 is 0 Å². The van der Waals surface area contributed by atoms with Gasteiger partial charge in [-0.25, -0.2) is 0 Å². The van der Waals surface area contributed by atoms with Crippen molar-refractivity contribution >= 4 is 0 Å². The van der Waals surface area contributed by atoms with E-state index in [1.54, 1.807) is 7.11 Å². The van der Waals surface area contributed by atoms with Crippen molar-refractivity contribution in [2.45, 2.75) is 62.1 Å². The summed E-state index contributed by atoms with van der Waals surface area (Å²) in [5.74, 6) is 1.80. The third-order valence-electron chi connectivity index (χ3n) is 7.76. The molecule has 6 atom stereocenters. The summed E-state index contributed by atoms with van der Waals surface area (Å²) in [6.45, 7) is 3.86. The van der Waals surface area contributed by atoms with Crippen molar-refractivity contribution in [2.75, 3.05) is 27.3 Å². The molecule has 2 saturated heterocycles. The first-order chi connectivity index (χ1) is 12.6. The molecule has 2 spiro atoms. The lowest BCUT2D eigenvalue weighted by atomic mass is 9.50. The largest absolute Gasteiger partial charge is 0.493 e. The van der Waals surface area contributed by atoms with E-state index in [1.807, 2.05) is 0 Å². The fourth-order valence-electron chi connectivity index (χ4n) is 6.79. The molecule has 0 aromatic heterocycles. The topological polar surface area (TPSA) is 40.2 Å². The molecule has 5 aliphatic rings. The second kappa shape index (κ2) is 4.94. The van der Waals surface area contributed by atoms with Gasteiger partial charge in [-0.2, -0.15) is 0 Å². The van der Waals surface area contributed by atoms with Gasteiger partial charge in [0.1, 0.15) is 0 Å². The van der Waals surface area contributed by atoms with Gasteiger partial charge in [-0.3, -0.25) is 0 Å². The Morgan fingerprint density at radius 1 is 1.27 bits per heavy atom. The van der Waals surface area contributed by atoms with Crippen LogP contribution in [0.15, 0.2) is 12.1 Å². The molecule has 1 aromatic carbocycles. The van der Waals surface area contributed by atoms with Crippen LogP contribution in [-0.4, -0.2) is 56.2 Å². The zero-order valence-electron chi connectivity index (χ0n) is 15.8. The third-order valence-corrected chi connectivity index (χ3v) is 7.76. The molecule has 0 amide bonds. The molecule has 5 nitrogen and oxygen atoms in total. The van der Waals surface area contributed by atoms with Gasteiger partial charge in [0, 0.05) is 23.4 Å². The normalized spacial score (nSPS) is 45.5. The van der Waals surface area contributed by atoms with Crippen LogP contribution in [0.25, 0.3) is 0 Å². The molecule has 26 heavy (non-hydrogen) atoms. The van der Waals surface area contributed by atoms with E-state index in [1.165, 1.54) is 11.1 Å². The second-order valence-electron chi connectivity index (χ2n) is 8.87. The molecule has 0 radical (unpaired) electrons. The molecule has 3 fully saturated rings. The standard InChI is InChI=1S/C21H27NO4/c1-12-11-24-21(26-12)7-6-14-15-10-13-4-5-16(23-3)18-17(13)20(14,19(21)25-18)8-9-22(15)2/h4-5,12,14-15,19H,6-11H2,1-3H3/t12?,14?,15-,19?,20+,21?/m1/s1. The summed E-state index contributed by atoms with van der Waals surface area (Å²) in [4.78, 5) is 2.56. The van der Waals surface area contributed by atoms with Gasteiger partial charge >= 0.3 is 0 Å². The van der Waals surface area contributed by atoms with Crippen LogP contribution >= 0.6 is 0 Å². The van der Waals surface area contributed by atoms with E-state index in [0.717, 1.165) is 43.7 Å². The van der Waals surface area contributed by atoms with Crippen LogP contribution in [0.1, 0.15) is 37.3 Å². The molecule has 2 bridgehead atoms. The van der Waals surface area contributed by atoms with Crippen LogP contribution in [-0.2, 0) is 21.3 Å². The molecule has 6 rings (SSSR count). The predicted octanol–water partition coefficient (Wildman–Crippen LogP) is 2.50. The summed E-state index contributed by atoms with van der Waals surface area (Å²) in [6.07, 6.45) is 4.33. The smallest absolute Gasteiger partial charge is 0.207 e. The van der Waals surface area contributed by atoms with Crippen LogP contribution in [0.4, 0.5) is 0 Å². The highest BCUT2D eigenvalue weighted by atomic mass is 16.8.